The van der Waals surface area contributed by atoms with Gasteiger partial charge in [0.1, 0.15) is 17.7 Å². The number of ether oxygens (including phenoxy) is 1. The molecule has 148 valence electrons. The third kappa shape index (κ3) is 6.86. The van der Waals surface area contributed by atoms with Crippen LogP contribution in [0.4, 0.5) is 17.6 Å². The average molecular weight is 383 g/mol. The number of alkyl halides is 3. The van der Waals surface area contributed by atoms with Gasteiger partial charge in [-0.2, -0.15) is 13.2 Å². The minimum absolute atomic E-state index is 0.148. The van der Waals surface area contributed by atoms with E-state index in [0.717, 1.165) is 43.6 Å². The highest BCUT2D eigenvalue weighted by molar-refractivity contribution is 5.31. The summed E-state index contributed by atoms with van der Waals surface area (Å²) in [5, 5.41) is 0. The van der Waals surface area contributed by atoms with E-state index in [4.69, 9.17) is 4.74 Å². The number of halogens is 4. The maximum atomic E-state index is 13.2. The highest BCUT2D eigenvalue weighted by Gasteiger charge is 2.30. The number of rotatable bonds is 9. The van der Waals surface area contributed by atoms with Crippen molar-refractivity contribution in [2.45, 2.75) is 38.5 Å². The van der Waals surface area contributed by atoms with Crippen molar-refractivity contribution < 1.29 is 22.3 Å². The Kier molecular flexibility index (Phi) is 7.66. The number of hydrogen-bond donors (Lipinski definition) is 0. The zero-order valence-electron chi connectivity index (χ0n) is 15.6. The van der Waals surface area contributed by atoms with E-state index in [9.17, 15) is 17.6 Å². The van der Waals surface area contributed by atoms with Gasteiger partial charge in [0.05, 0.1) is 5.56 Å². The Labute approximate surface area is 157 Å². The molecule has 0 fully saturated rings. The van der Waals surface area contributed by atoms with E-state index in [1.807, 2.05) is 7.05 Å². The van der Waals surface area contributed by atoms with Gasteiger partial charge in [0, 0.05) is 13.0 Å². The van der Waals surface area contributed by atoms with Gasteiger partial charge in [-0.25, -0.2) is 4.39 Å². The van der Waals surface area contributed by atoms with Crippen molar-refractivity contribution in [3.8, 4) is 5.75 Å². The van der Waals surface area contributed by atoms with Gasteiger partial charge in [0.25, 0.3) is 0 Å². The highest BCUT2D eigenvalue weighted by atomic mass is 19.4. The molecular formula is C21H25F4NO. The maximum Gasteiger partial charge on any atom is 0.416 e. The summed E-state index contributed by atoms with van der Waals surface area (Å²) in [5.41, 5.74) is -0.0179. The van der Waals surface area contributed by atoms with Crippen LogP contribution in [-0.4, -0.2) is 25.0 Å². The molecular weight excluding hydrogens is 358 g/mol. The molecule has 0 aliphatic carbocycles. The van der Waals surface area contributed by atoms with E-state index in [0.29, 0.717) is 6.42 Å². The fraction of sp³-hybridized carbons (Fsp3) is 0.429. The van der Waals surface area contributed by atoms with Crippen molar-refractivity contribution in [2.24, 2.45) is 0 Å². The first kappa shape index (κ1) is 21.2. The predicted octanol–water partition coefficient (Wildman–Crippen LogP) is 6.09. The summed E-state index contributed by atoms with van der Waals surface area (Å²) in [6.45, 7) is 3.78. The van der Waals surface area contributed by atoms with Gasteiger partial charge >= 0.3 is 6.18 Å². The van der Waals surface area contributed by atoms with Gasteiger partial charge in [-0.15, -0.1) is 0 Å². The van der Waals surface area contributed by atoms with Crippen LogP contribution in [0.15, 0.2) is 48.5 Å². The molecule has 1 atom stereocenters. The first-order valence-electron chi connectivity index (χ1n) is 9.07. The largest absolute Gasteiger partial charge is 0.486 e. The van der Waals surface area contributed by atoms with E-state index in [-0.39, 0.29) is 11.6 Å². The fourth-order valence-electron chi connectivity index (χ4n) is 2.76. The summed E-state index contributed by atoms with van der Waals surface area (Å²) in [7, 11) is 2.00. The first-order chi connectivity index (χ1) is 12.8. The average Bonchev–Trinajstić information content (AvgIpc) is 2.63. The maximum absolute atomic E-state index is 13.2. The normalized spacial score (nSPS) is 13.0. The molecule has 0 aliphatic rings. The van der Waals surface area contributed by atoms with E-state index in [1.54, 1.807) is 12.1 Å². The molecule has 2 nitrogen and oxygen atoms in total. The lowest BCUT2D eigenvalue weighted by Crippen LogP contribution is -2.24. The lowest BCUT2D eigenvalue weighted by molar-refractivity contribution is -0.137. The van der Waals surface area contributed by atoms with Crippen LogP contribution in [0.1, 0.15) is 43.4 Å². The summed E-state index contributed by atoms with van der Waals surface area (Å²) >= 11 is 0. The molecule has 27 heavy (non-hydrogen) atoms. The second kappa shape index (κ2) is 9.74. The fourth-order valence-corrected chi connectivity index (χ4v) is 2.76. The molecule has 0 saturated heterocycles. The van der Waals surface area contributed by atoms with Gasteiger partial charge < -0.3 is 9.64 Å². The summed E-state index contributed by atoms with van der Waals surface area (Å²) in [4.78, 5) is 2.16. The van der Waals surface area contributed by atoms with Crippen LogP contribution in [0.25, 0.3) is 0 Å². The Bertz CT molecular complexity index is 700. The molecule has 0 aliphatic heterocycles. The lowest BCUT2D eigenvalue weighted by atomic mass is 10.1. The molecule has 0 heterocycles. The van der Waals surface area contributed by atoms with Crippen molar-refractivity contribution in [1.29, 1.82) is 0 Å². The van der Waals surface area contributed by atoms with E-state index < -0.39 is 17.8 Å². The molecule has 2 rings (SSSR count). The summed E-state index contributed by atoms with van der Waals surface area (Å²) < 4.78 is 57.9. The van der Waals surface area contributed by atoms with E-state index in [1.165, 1.54) is 24.3 Å². The smallest absolute Gasteiger partial charge is 0.416 e. The van der Waals surface area contributed by atoms with Crippen molar-refractivity contribution >= 4 is 0 Å². The number of unbranched alkanes of at least 4 members (excludes halogenated alkanes) is 1. The monoisotopic (exact) mass is 383 g/mol. The summed E-state index contributed by atoms with van der Waals surface area (Å²) in [6.07, 6.45) is -2.13. The standard InChI is InChI=1S/C21H25F4NO/c1-3-4-13-26(2)14-12-20(16-8-10-18(22)11-9-16)27-19-7-5-6-17(15-19)21(23,24)25/h5-11,15,20H,3-4,12-14H2,1-2H3. The quantitative estimate of drug-likeness (QED) is 0.486. The van der Waals surface area contributed by atoms with Gasteiger partial charge in [-0.1, -0.05) is 31.5 Å². The van der Waals surface area contributed by atoms with Crippen LogP contribution in [0.5, 0.6) is 5.75 Å². The number of nitrogens with zero attached hydrogens (tertiary/aromatic N) is 1. The Hall–Kier alpha value is -2.08. The Morgan fingerprint density at radius 2 is 1.74 bits per heavy atom. The van der Waals surface area contributed by atoms with Crippen molar-refractivity contribution in [3.63, 3.8) is 0 Å². The van der Waals surface area contributed by atoms with Gasteiger partial charge in [-0.3, -0.25) is 0 Å². The SMILES string of the molecule is CCCCN(C)CCC(Oc1cccc(C(F)(F)F)c1)c1ccc(F)cc1. The minimum Gasteiger partial charge on any atom is -0.486 e. The minimum atomic E-state index is -4.43. The summed E-state index contributed by atoms with van der Waals surface area (Å²) in [5.74, 6) is -0.216. The Morgan fingerprint density at radius 3 is 2.37 bits per heavy atom. The predicted molar refractivity (Wildman–Crippen MR) is 98.2 cm³/mol. The third-order valence-electron chi connectivity index (χ3n) is 4.35. The highest BCUT2D eigenvalue weighted by Crippen LogP contribution is 2.33. The molecule has 2 aromatic carbocycles. The van der Waals surface area contributed by atoms with Crippen molar-refractivity contribution in [2.75, 3.05) is 20.1 Å². The van der Waals surface area contributed by atoms with Crippen LogP contribution in [0.3, 0.4) is 0 Å². The van der Waals surface area contributed by atoms with Gasteiger partial charge in [0.2, 0.25) is 0 Å². The molecule has 0 bridgehead atoms. The Balaban J connectivity index is 2.15. The zero-order chi connectivity index (χ0) is 19.9. The molecule has 0 N–H and O–H groups in total. The first-order valence-corrected chi connectivity index (χ1v) is 9.07. The van der Waals surface area contributed by atoms with Gasteiger partial charge in [0.15, 0.2) is 0 Å². The second-order valence-electron chi connectivity index (χ2n) is 6.63. The van der Waals surface area contributed by atoms with Crippen LogP contribution >= 0.6 is 0 Å². The zero-order valence-corrected chi connectivity index (χ0v) is 15.6. The molecule has 1 unspecified atom stereocenters. The Morgan fingerprint density at radius 1 is 1.04 bits per heavy atom. The van der Waals surface area contributed by atoms with E-state index >= 15 is 0 Å². The van der Waals surface area contributed by atoms with Crippen LogP contribution < -0.4 is 4.74 Å². The topological polar surface area (TPSA) is 12.5 Å². The number of benzene rings is 2. The van der Waals surface area contributed by atoms with Crippen LogP contribution in [0.2, 0.25) is 0 Å². The van der Waals surface area contributed by atoms with Crippen LogP contribution in [0, 0.1) is 5.82 Å². The molecule has 0 amide bonds. The van der Waals surface area contributed by atoms with Crippen molar-refractivity contribution in [3.05, 3.63) is 65.5 Å². The molecule has 0 spiro atoms. The molecule has 0 saturated carbocycles. The molecule has 6 heteroatoms. The molecule has 2 aromatic rings. The van der Waals surface area contributed by atoms with Gasteiger partial charge in [-0.05, 0) is 55.9 Å². The van der Waals surface area contributed by atoms with Crippen LogP contribution in [-0.2, 0) is 6.18 Å². The molecule has 0 aromatic heterocycles. The lowest BCUT2D eigenvalue weighted by Gasteiger charge is -2.23. The number of hydrogen-bond acceptors (Lipinski definition) is 2. The second-order valence-corrected chi connectivity index (χ2v) is 6.63. The van der Waals surface area contributed by atoms with Crippen molar-refractivity contribution in [1.82, 2.24) is 4.90 Å². The molecule has 0 radical (unpaired) electrons. The summed E-state index contributed by atoms with van der Waals surface area (Å²) in [6, 6.07) is 10.7. The third-order valence-corrected chi connectivity index (χ3v) is 4.35. The van der Waals surface area contributed by atoms with E-state index in [2.05, 4.69) is 11.8 Å².